The Morgan fingerprint density at radius 1 is 1.19 bits per heavy atom. The Balaban J connectivity index is 1.65. The molecule has 0 aliphatic carbocycles. The number of halogens is 1. The molecule has 0 saturated heterocycles. The monoisotopic (exact) mass is 416 g/mol. The second-order valence-electron chi connectivity index (χ2n) is 5.20. The number of nitrogens with one attached hydrogen (secondary N) is 1. The molecule has 0 atom stereocenters. The van der Waals surface area contributed by atoms with Gasteiger partial charge >= 0.3 is 0 Å². The topological polar surface area (TPSA) is 99.3 Å². The molecule has 0 saturated carbocycles. The van der Waals surface area contributed by atoms with Crippen LogP contribution in [0, 0.1) is 10.1 Å². The molecule has 0 aliphatic rings. The third-order valence-corrected chi connectivity index (χ3v) is 3.93. The van der Waals surface area contributed by atoms with Crippen LogP contribution in [0.3, 0.4) is 0 Å². The molecule has 3 aromatic rings. The van der Waals surface area contributed by atoms with Crippen molar-refractivity contribution in [3.8, 4) is 5.75 Å². The van der Waals surface area contributed by atoms with Crippen LogP contribution in [-0.4, -0.2) is 20.6 Å². The summed E-state index contributed by atoms with van der Waals surface area (Å²) in [6, 6.07) is 14.7. The number of benzene rings is 2. The van der Waals surface area contributed by atoms with Crippen molar-refractivity contribution in [2.75, 3.05) is 5.32 Å². The lowest BCUT2D eigenvalue weighted by molar-refractivity contribution is -0.383. The van der Waals surface area contributed by atoms with E-state index in [1.165, 1.54) is 28.9 Å². The van der Waals surface area contributed by atoms with Gasteiger partial charge in [0.15, 0.2) is 12.4 Å². The summed E-state index contributed by atoms with van der Waals surface area (Å²) in [5, 5.41) is 17.6. The van der Waals surface area contributed by atoms with E-state index in [9.17, 15) is 14.9 Å². The number of carbonyl (C=O) groups excluding carboxylic acids is 1. The number of aromatic nitrogens is 2. The van der Waals surface area contributed by atoms with Gasteiger partial charge in [0.1, 0.15) is 11.4 Å². The summed E-state index contributed by atoms with van der Waals surface area (Å²) in [6.07, 6.45) is 1.59. The summed E-state index contributed by atoms with van der Waals surface area (Å²) in [6.45, 7) is 0.125. The maximum atomic E-state index is 12.3. The van der Waals surface area contributed by atoms with Crippen LogP contribution in [0.1, 0.15) is 10.5 Å². The summed E-state index contributed by atoms with van der Waals surface area (Å²) in [5.41, 5.74) is 0.0598. The number of nitro benzene ring substituents is 1. The van der Waals surface area contributed by atoms with Crippen molar-refractivity contribution in [2.24, 2.45) is 0 Å². The van der Waals surface area contributed by atoms with E-state index in [0.717, 1.165) is 4.47 Å². The zero-order chi connectivity index (χ0) is 18.5. The number of ether oxygens (including phenoxy) is 1. The zero-order valence-corrected chi connectivity index (χ0v) is 14.9. The van der Waals surface area contributed by atoms with Gasteiger partial charge in [0.05, 0.1) is 4.92 Å². The summed E-state index contributed by atoms with van der Waals surface area (Å²) in [4.78, 5) is 22.7. The van der Waals surface area contributed by atoms with Crippen LogP contribution in [0.2, 0.25) is 0 Å². The predicted molar refractivity (Wildman–Crippen MR) is 98.0 cm³/mol. The lowest BCUT2D eigenvalue weighted by Crippen LogP contribution is -2.15. The minimum Gasteiger partial charge on any atom is -0.471 e. The standard InChI is InChI=1S/C17H13BrN4O4/c18-12-5-7-13(8-6-12)26-11-21-10-9-15(20-21)17(23)19-14-3-1-2-4-16(14)22(24)25/h1-10H,11H2,(H,19,23). The first-order valence-corrected chi connectivity index (χ1v) is 8.29. The van der Waals surface area contributed by atoms with Gasteiger partial charge in [-0.25, -0.2) is 4.68 Å². The Hall–Kier alpha value is -3.20. The van der Waals surface area contributed by atoms with Gasteiger partial charge in [0, 0.05) is 16.7 Å². The number of hydrogen-bond acceptors (Lipinski definition) is 5. The fourth-order valence-electron chi connectivity index (χ4n) is 2.15. The highest BCUT2D eigenvalue weighted by Gasteiger charge is 2.17. The van der Waals surface area contributed by atoms with Crippen molar-refractivity contribution in [3.05, 3.63) is 81.1 Å². The first-order valence-electron chi connectivity index (χ1n) is 7.49. The number of nitrogens with zero attached hydrogens (tertiary/aromatic N) is 3. The molecule has 26 heavy (non-hydrogen) atoms. The summed E-state index contributed by atoms with van der Waals surface area (Å²) >= 11 is 3.34. The van der Waals surface area contributed by atoms with Crippen molar-refractivity contribution < 1.29 is 14.5 Å². The van der Waals surface area contributed by atoms with Crippen LogP contribution < -0.4 is 10.1 Å². The van der Waals surface area contributed by atoms with E-state index in [4.69, 9.17) is 4.74 Å². The Morgan fingerprint density at radius 2 is 1.92 bits per heavy atom. The summed E-state index contributed by atoms with van der Waals surface area (Å²) in [5.74, 6) is 0.122. The smallest absolute Gasteiger partial charge is 0.292 e. The average molecular weight is 417 g/mol. The van der Waals surface area contributed by atoms with E-state index in [1.807, 2.05) is 12.1 Å². The Kier molecular flexibility index (Phi) is 5.28. The highest BCUT2D eigenvalue weighted by molar-refractivity contribution is 9.10. The van der Waals surface area contributed by atoms with Gasteiger partial charge < -0.3 is 10.1 Å². The molecule has 2 aromatic carbocycles. The molecule has 0 bridgehead atoms. The highest BCUT2D eigenvalue weighted by Crippen LogP contribution is 2.23. The quantitative estimate of drug-likeness (QED) is 0.485. The van der Waals surface area contributed by atoms with Gasteiger partial charge in [-0.3, -0.25) is 14.9 Å². The molecule has 1 aromatic heterocycles. The van der Waals surface area contributed by atoms with Crippen molar-refractivity contribution in [1.82, 2.24) is 9.78 Å². The molecule has 1 heterocycles. The summed E-state index contributed by atoms with van der Waals surface area (Å²) in [7, 11) is 0. The third-order valence-electron chi connectivity index (χ3n) is 3.40. The molecule has 1 N–H and O–H groups in total. The van der Waals surface area contributed by atoms with E-state index < -0.39 is 10.8 Å². The normalized spacial score (nSPS) is 10.3. The first kappa shape index (κ1) is 17.6. The van der Waals surface area contributed by atoms with Crippen LogP contribution in [-0.2, 0) is 6.73 Å². The SMILES string of the molecule is O=C(Nc1ccccc1[N+](=O)[O-])c1ccn(COc2ccc(Br)cc2)n1. The van der Waals surface area contributed by atoms with Gasteiger partial charge in [-0.05, 0) is 36.4 Å². The number of amides is 1. The maximum absolute atomic E-state index is 12.3. The Bertz CT molecular complexity index is 940. The molecule has 0 radical (unpaired) electrons. The Morgan fingerprint density at radius 3 is 2.65 bits per heavy atom. The zero-order valence-electron chi connectivity index (χ0n) is 13.3. The molecular weight excluding hydrogens is 404 g/mol. The average Bonchev–Trinajstić information content (AvgIpc) is 3.11. The third kappa shape index (κ3) is 4.25. The van der Waals surface area contributed by atoms with Crippen LogP contribution in [0.4, 0.5) is 11.4 Å². The number of anilines is 1. The van der Waals surface area contributed by atoms with Gasteiger partial charge in [0.25, 0.3) is 11.6 Å². The highest BCUT2D eigenvalue weighted by atomic mass is 79.9. The Labute approximate surface area is 156 Å². The maximum Gasteiger partial charge on any atom is 0.292 e. The van der Waals surface area contributed by atoms with Crippen molar-refractivity contribution in [3.63, 3.8) is 0 Å². The number of nitro groups is 1. The van der Waals surface area contributed by atoms with Crippen LogP contribution in [0.25, 0.3) is 0 Å². The lowest BCUT2D eigenvalue weighted by Gasteiger charge is -2.06. The molecular formula is C17H13BrN4O4. The minimum atomic E-state index is -0.555. The predicted octanol–water partition coefficient (Wildman–Crippen LogP) is 3.84. The molecule has 0 aliphatic heterocycles. The van der Waals surface area contributed by atoms with Crippen molar-refractivity contribution in [2.45, 2.75) is 6.73 Å². The van der Waals surface area contributed by atoms with Crippen LogP contribution in [0.15, 0.2) is 65.3 Å². The number of rotatable bonds is 6. The molecule has 3 rings (SSSR count). The second kappa shape index (κ2) is 7.79. The molecule has 0 spiro atoms. The van der Waals surface area contributed by atoms with E-state index >= 15 is 0 Å². The lowest BCUT2D eigenvalue weighted by atomic mass is 10.2. The molecule has 8 nitrogen and oxygen atoms in total. The fourth-order valence-corrected chi connectivity index (χ4v) is 2.42. The number of carbonyl (C=O) groups is 1. The molecule has 1 amide bonds. The van der Waals surface area contributed by atoms with Gasteiger partial charge in [-0.2, -0.15) is 5.10 Å². The number of para-hydroxylation sites is 2. The molecule has 0 fully saturated rings. The van der Waals surface area contributed by atoms with E-state index in [-0.39, 0.29) is 23.8 Å². The largest absolute Gasteiger partial charge is 0.471 e. The second-order valence-corrected chi connectivity index (χ2v) is 6.11. The molecule has 9 heteroatoms. The van der Waals surface area contributed by atoms with Crippen LogP contribution in [0.5, 0.6) is 5.75 Å². The van der Waals surface area contributed by atoms with E-state index in [1.54, 1.807) is 24.4 Å². The first-order chi connectivity index (χ1) is 12.5. The molecule has 132 valence electrons. The van der Waals surface area contributed by atoms with Gasteiger partial charge in [0.2, 0.25) is 0 Å². The van der Waals surface area contributed by atoms with E-state index in [2.05, 4.69) is 26.3 Å². The fraction of sp³-hybridized carbons (Fsp3) is 0.0588. The van der Waals surface area contributed by atoms with Gasteiger partial charge in [-0.15, -0.1) is 0 Å². The van der Waals surface area contributed by atoms with Crippen molar-refractivity contribution in [1.29, 1.82) is 0 Å². The number of hydrogen-bond donors (Lipinski definition) is 1. The summed E-state index contributed by atoms with van der Waals surface area (Å²) < 4.78 is 7.96. The minimum absolute atomic E-state index is 0.114. The van der Waals surface area contributed by atoms with Crippen LogP contribution >= 0.6 is 15.9 Å². The van der Waals surface area contributed by atoms with E-state index in [0.29, 0.717) is 5.75 Å². The van der Waals surface area contributed by atoms with Gasteiger partial charge in [-0.1, -0.05) is 28.1 Å². The van der Waals surface area contributed by atoms with Crippen molar-refractivity contribution >= 4 is 33.2 Å². The molecule has 0 unspecified atom stereocenters.